The fourth-order valence-corrected chi connectivity index (χ4v) is 2.70. The summed E-state index contributed by atoms with van der Waals surface area (Å²) < 4.78 is 6.70. The lowest BCUT2D eigenvalue weighted by atomic mass is 9.92. The van der Waals surface area contributed by atoms with Gasteiger partial charge in [-0.05, 0) is 52.8 Å². The molecule has 1 unspecified atom stereocenters. The third-order valence-electron chi connectivity index (χ3n) is 3.34. The Morgan fingerprint density at radius 1 is 1.06 bits per heavy atom. The molecule has 0 bridgehead atoms. The Labute approximate surface area is 122 Å². The molecule has 0 aromatic heterocycles. The van der Waals surface area contributed by atoms with E-state index in [1.54, 1.807) is 7.11 Å². The van der Waals surface area contributed by atoms with Gasteiger partial charge in [0.05, 0.1) is 7.11 Å². The Morgan fingerprint density at radius 3 is 2.33 bits per heavy atom. The van der Waals surface area contributed by atoms with E-state index in [1.807, 2.05) is 0 Å². The number of ether oxygens (including phenoxy) is 1. The van der Waals surface area contributed by atoms with Crippen LogP contribution in [0.15, 0.2) is 42.5 Å². The molecule has 18 heavy (non-hydrogen) atoms. The highest BCUT2D eigenvalue weighted by Gasteiger charge is 2.12. The van der Waals surface area contributed by atoms with E-state index in [4.69, 9.17) is 4.74 Å². The maximum absolute atomic E-state index is 5.45. The molecule has 0 heterocycles. The second-order valence-electron chi connectivity index (χ2n) is 4.46. The quantitative estimate of drug-likeness (QED) is 0.724. The van der Waals surface area contributed by atoms with Crippen molar-refractivity contribution in [2.24, 2.45) is 0 Å². The number of hydrogen-bond donors (Lipinski definition) is 0. The molecule has 0 N–H and O–H groups in total. The van der Waals surface area contributed by atoms with E-state index >= 15 is 0 Å². The molecule has 94 valence electrons. The van der Waals surface area contributed by atoms with Crippen molar-refractivity contribution in [2.45, 2.75) is 19.8 Å². The van der Waals surface area contributed by atoms with Crippen molar-refractivity contribution in [1.82, 2.24) is 0 Å². The van der Waals surface area contributed by atoms with Crippen molar-refractivity contribution in [3.8, 4) is 5.75 Å². The van der Waals surface area contributed by atoms with E-state index in [0.717, 1.165) is 5.75 Å². The van der Waals surface area contributed by atoms with Crippen molar-refractivity contribution >= 4 is 22.6 Å². The van der Waals surface area contributed by atoms with Crippen LogP contribution in [0.1, 0.15) is 29.5 Å². The molecule has 2 aromatic carbocycles. The average molecular weight is 352 g/mol. The summed E-state index contributed by atoms with van der Waals surface area (Å²) in [6, 6.07) is 15.0. The number of methoxy groups -OCH3 is 1. The Balaban J connectivity index is 2.43. The van der Waals surface area contributed by atoms with Gasteiger partial charge in [0.25, 0.3) is 0 Å². The molecular weight excluding hydrogens is 335 g/mol. The number of rotatable bonds is 3. The molecule has 0 saturated heterocycles. The van der Waals surface area contributed by atoms with Gasteiger partial charge in [0, 0.05) is 15.1 Å². The summed E-state index contributed by atoms with van der Waals surface area (Å²) in [6.45, 7) is 4.33. The average Bonchev–Trinajstić information content (AvgIpc) is 2.42. The van der Waals surface area contributed by atoms with Gasteiger partial charge < -0.3 is 4.74 Å². The fourth-order valence-electron chi connectivity index (χ4n) is 2.07. The van der Waals surface area contributed by atoms with E-state index in [2.05, 4.69) is 78.9 Å². The zero-order chi connectivity index (χ0) is 13.1. The summed E-state index contributed by atoms with van der Waals surface area (Å²) in [5.74, 6) is 1.36. The Hall–Kier alpha value is -1.03. The van der Waals surface area contributed by atoms with Crippen molar-refractivity contribution in [3.63, 3.8) is 0 Å². The second-order valence-corrected chi connectivity index (χ2v) is 5.62. The highest BCUT2D eigenvalue weighted by molar-refractivity contribution is 14.1. The number of benzene rings is 2. The summed E-state index contributed by atoms with van der Waals surface area (Å²) >= 11 is 2.37. The minimum absolute atomic E-state index is 0.384. The largest absolute Gasteiger partial charge is 0.496 e. The maximum Gasteiger partial charge on any atom is 0.123 e. The molecule has 2 heteroatoms. The fraction of sp³-hybridized carbons (Fsp3) is 0.250. The lowest BCUT2D eigenvalue weighted by molar-refractivity contribution is 0.410. The van der Waals surface area contributed by atoms with Crippen LogP contribution in [-0.4, -0.2) is 7.11 Å². The molecule has 2 rings (SSSR count). The smallest absolute Gasteiger partial charge is 0.123 e. The number of halogens is 1. The van der Waals surface area contributed by atoms with Gasteiger partial charge in [-0.2, -0.15) is 0 Å². The van der Waals surface area contributed by atoms with Gasteiger partial charge >= 0.3 is 0 Å². The van der Waals surface area contributed by atoms with Crippen molar-refractivity contribution in [2.75, 3.05) is 7.11 Å². The minimum Gasteiger partial charge on any atom is -0.496 e. The van der Waals surface area contributed by atoms with Gasteiger partial charge in [-0.25, -0.2) is 0 Å². The van der Waals surface area contributed by atoms with E-state index in [1.165, 1.54) is 20.3 Å². The second kappa shape index (κ2) is 5.74. The minimum atomic E-state index is 0.384. The molecule has 0 radical (unpaired) electrons. The standard InChI is InChI=1S/C16H17IO/c1-11(13-7-5-4-6-8-13)14-9-15(17)12(2)16(10-14)18-3/h4-11H,1-3H3. The molecule has 0 saturated carbocycles. The topological polar surface area (TPSA) is 9.23 Å². The van der Waals surface area contributed by atoms with E-state index in [9.17, 15) is 0 Å². The summed E-state index contributed by atoms with van der Waals surface area (Å²) in [5.41, 5.74) is 3.84. The molecule has 0 aliphatic heterocycles. The van der Waals surface area contributed by atoms with Gasteiger partial charge in [-0.15, -0.1) is 0 Å². The molecular formula is C16H17IO. The highest BCUT2D eigenvalue weighted by Crippen LogP contribution is 2.31. The summed E-state index contributed by atoms with van der Waals surface area (Å²) in [7, 11) is 1.73. The predicted octanol–water partition coefficient (Wildman–Crippen LogP) is 4.76. The maximum atomic E-state index is 5.45. The van der Waals surface area contributed by atoms with Crippen LogP contribution in [0, 0.1) is 10.5 Å². The first-order valence-corrected chi connectivity index (χ1v) is 7.10. The van der Waals surface area contributed by atoms with Crippen LogP contribution in [0.5, 0.6) is 5.75 Å². The monoisotopic (exact) mass is 352 g/mol. The zero-order valence-electron chi connectivity index (χ0n) is 10.9. The van der Waals surface area contributed by atoms with Gasteiger partial charge in [0.15, 0.2) is 0 Å². The molecule has 0 amide bonds. The van der Waals surface area contributed by atoms with E-state index < -0.39 is 0 Å². The third kappa shape index (κ3) is 2.69. The van der Waals surface area contributed by atoms with Crippen LogP contribution in [0.3, 0.4) is 0 Å². The van der Waals surface area contributed by atoms with Crippen LogP contribution >= 0.6 is 22.6 Å². The third-order valence-corrected chi connectivity index (χ3v) is 4.46. The first-order valence-electron chi connectivity index (χ1n) is 6.02. The Kier molecular flexibility index (Phi) is 4.27. The Morgan fingerprint density at radius 2 is 1.72 bits per heavy atom. The zero-order valence-corrected chi connectivity index (χ0v) is 13.1. The van der Waals surface area contributed by atoms with Crippen molar-refractivity contribution < 1.29 is 4.74 Å². The summed E-state index contributed by atoms with van der Waals surface area (Å²) in [6.07, 6.45) is 0. The number of hydrogen-bond acceptors (Lipinski definition) is 1. The van der Waals surface area contributed by atoms with Gasteiger partial charge in [-0.3, -0.25) is 0 Å². The SMILES string of the molecule is COc1cc(C(C)c2ccccc2)cc(I)c1C. The van der Waals surface area contributed by atoms with Gasteiger partial charge in [0.1, 0.15) is 5.75 Å². The van der Waals surface area contributed by atoms with Crippen LogP contribution in [-0.2, 0) is 0 Å². The van der Waals surface area contributed by atoms with Crippen molar-refractivity contribution in [3.05, 3.63) is 62.7 Å². The lowest BCUT2D eigenvalue weighted by Crippen LogP contribution is -1.99. The van der Waals surface area contributed by atoms with Crippen molar-refractivity contribution in [1.29, 1.82) is 0 Å². The lowest BCUT2D eigenvalue weighted by Gasteiger charge is -2.16. The summed E-state index contributed by atoms with van der Waals surface area (Å²) in [5, 5.41) is 0. The first kappa shape index (κ1) is 13.4. The van der Waals surface area contributed by atoms with Crippen LogP contribution in [0.25, 0.3) is 0 Å². The normalized spacial score (nSPS) is 12.2. The molecule has 0 aliphatic carbocycles. The first-order chi connectivity index (χ1) is 8.63. The predicted molar refractivity (Wildman–Crippen MR) is 84.4 cm³/mol. The summed E-state index contributed by atoms with van der Waals surface area (Å²) in [4.78, 5) is 0. The van der Waals surface area contributed by atoms with E-state index in [-0.39, 0.29) is 0 Å². The van der Waals surface area contributed by atoms with Crippen LogP contribution in [0.4, 0.5) is 0 Å². The molecule has 0 fully saturated rings. The highest BCUT2D eigenvalue weighted by atomic mass is 127. The Bertz CT molecular complexity index is 534. The molecule has 0 spiro atoms. The van der Waals surface area contributed by atoms with Crippen LogP contribution < -0.4 is 4.74 Å². The van der Waals surface area contributed by atoms with Gasteiger partial charge in [-0.1, -0.05) is 37.3 Å². The van der Waals surface area contributed by atoms with E-state index in [0.29, 0.717) is 5.92 Å². The molecule has 0 aliphatic rings. The van der Waals surface area contributed by atoms with Gasteiger partial charge in [0.2, 0.25) is 0 Å². The molecule has 1 nitrogen and oxygen atoms in total. The molecule has 2 aromatic rings. The van der Waals surface area contributed by atoms with Crippen LogP contribution in [0.2, 0.25) is 0 Å². The molecule has 1 atom stereocenters.